The van der Waals surface area contributed by atoms with Crippen molar-refractivity contribution in [2.75, 3.05) is 13.1 Å². The van der Waals surface area contributed by atoms with Gasteiger partial charge < -0.3 is 5.32 Å². The first-order valence-electron chi connectivity index (χ1n) is 10.2. The summed E-state index contributed by atoms with van der Waals surface area (Å²) < 4.78 is 0. The maximum atomic E-state index is 12.6. The molecule has 2 aliphatic rings. The van der Waals surface area contributed by atoms with Crippen molar-refractivity contribution in [1.29, 1.82) is 0 Å². The molecule has 1 aliphatic carbocycles. The van der Waals surface area contributed by atoms with Crippen molar-refractivity contribution in [1.82, 2.24) is 15.5 Å². The molecule has 2 heterocycles. The van der Waals surface area contributed by atoms with Crippen LogP contribution in [0.15, 0.2) is 41.8 Å². The van der Waals surface area contributed by atoms with Crippen LogP contribution in [0, 0.1) is 0 Å². The largest absolute Gasteiger partial charge is 0.335 e. The van der Waals surface area contributed by atoms with E-state index in [9.17, 15) is 9.59 Å². The number of benzene rings is 1. The monoisotopic (exact) mass is 397 g/mol. The van der Waals surface area contributed by atoms with E-state index < -0.39 is 0 Å². The predicted molar refractivity (Wildman–Crippen MR) is 111 cm³/mol. The van der Waals surface area contributed by atoms with Gasteiger partial charge in [-0.2, -0.15) is 0 Å². The van der Waals surface area contributed by atoms with Gasteiger partial charge in [0.1, 0.15) is 0 Å². The Kier molecular flexibility index (Phi) is 6.07. The highest BCUT2D eigenvalue weighted by Crippen LogP contribution is 2.37. The lowest BCUT2D eigenvalue weighted by atomic mass is 9.93. The molecule has 0 radical (unpaired) electrons. The van der Waals surface area contributed by atoms with Crippen LogP contribution in [0.25, 0.3) is 0 Å². The molecule has 1 aliphatic heterocycles. The van der Waals surface area contributed by atoms with Crippen molar-refractivity contribution < 1.29 is 9.59 Å². The van der Waals surface area contributed by atoms with Gasteiger partial charge in [0.15, 0.2) is 0 Å². The molecule has 1 aromatic heterocycles. The van der Waals surface area contributed by atoms with Crippen molar-refractivity contribution in [2.24, 2.45) is 0 Å². The summed E-state index contributed by atoms with van der Waals surface area (Å²) in [6.45, 7) is 1.03. The second-order valence-corrected chi connectivity index (χ2v) is 8.69. The van der Waals surface area contributed by atoms with Gasteiger partial charge in [0.25, 0.3) is 0 Å². The molecule has 0 saturated heterocycles. The van der Waals surface area contributed by atoms with Gasteiger partial charge in [0, 0.05) is 17.5 Å². The number of amides is 3. The van der Waals surface area contributed by atoms with Crippen LogP contribution in [0.5, 0.6) is 0 Å². The fraction of sp³-hybridized carbons (Fsp3) is 0.455. The molecule has 1 fully saturated rings. The maximum absolute atomic E-state index is 12.6. The van der Waals surface area contributed by atoms with Crippen molar-refractivity contribution in [3.05, 3.63) is 57.8 Å². The topological polar surface area (TPSA) is 61.4 Å². The highest BCUT2D eigenvalue weighted by molar-refractivity contribution is 7.10. The smallest absolute Gasteiger partial charge is 0.321 e. The van der Waals surface area contributed by atoms with E-state index in [0.717, 1.165) is 38.6 Å². The number of nitrogens with zero attached hydrogens (tertiary/aromatic N) is 1. The van der Waals surface area contributed by atoms with E-state index in [0.29, 0.717) is 0 Å². The second-order valence-electron chi connectivity index (χ2n) is 7.69. The van der Waals surface area contributed by atoms with E-state index in [1.165, 1.54) is 22.4 Å². The first kappa shape index (κ1) is 19.2. The van der Waals surface area contributed by atoms with Gasteiger partial charge >= 0.3 is 6.03 Å². The van der Waals surface area contributed by atoms with E-state index in [1.807, 2.05) is 18.2 Å². The zero-order chi connectivity index (χ0) is 19.3. The summed E-state index contributed by atoms with van der Waals surface area (Å²) in [5.74, 6) is -0.243. The van der Waals surface area contributed by atoms with Crippen LogP contribution >= 0.6 is 11.3 Å². The minimum atomic E-state index is -0.360. The number of carbonyl (C=O) groups is 2. The zero-order valence-electron chi connectivity index (χ0n) is 16.0. The highest BCUT2D eigenvalue weighted by atomic mass is 32.1. The molecule has 2 N–H and O–H groups in total. The van der Waals surface area contributed by atoms with Gasteiger partial charge in [0.2, 0.25) is 5.91 Å². The quantitative estimate of drug-likeness (QED) is 0.824. The molecule has 6 heteroatoms. The van der Waals surface area contributed by atoms with Gasteiger partial charge in [-0.05, 0) is 41.8 Å². The summed E-state index contributed by atoms with van der Waals surface area (Å²) in [4.78, 5) is 28.4. The Labute approximate surface area is 170 Å². The molecule has 1 atom stereocenters. The fourth-order valence-electron chi connectivity index (χ4n) is 4.38. The standard InChI is InChI=1S/C22H27N3O2S/c26-20(24-22(27)23-17-9-5-2-6-10-17)15-25-13-11-19-18(12-14-28-19)21(25)16-7-3-1-4-8-16/h1,3-4,7-8,12,14,17,21H,2,5-6,9-11,13,15H2,(H2,23,24,26,27)/t21-/m0/s1. The summed E-state index contributed by atoms with van der Waals surface area (Å²) in [6, 6.07) is 12.4. The molecule has 2 aromatic rings. The average Bonchev–Trinajstić information content (AvgIpc) is 3.18. The minimum Gasteiger partial charge on any atom is -0.335 e. The third-order valence-electron chi connectivity index (χ3n) is 5.72. The normalized spacial score (nSPS) is 20.4. The number of imide groups is 1. The molecule has 1 saturated carbocycles. The fourth-order valence-corrected chi connectivity index (χ4v) is 5.29. The molecular weight excluding hydrogens is 370 g/mol. The summed E-state index contributed by atoms with van der Waals surface area (Å²) in [5.41, 5.74) is 2.46. The minimum absolute atomic E-state index is 0.0587. The molecule has 5 nitrogen and oxygen atoms in total. The first-order chi connectivity index (χ1) is 13.7. The SMILES string of the molecule is O=C(CN1CCc2sccc2[C@@H]1c1ccccc1)NC(=O)NC1CCCCC1. The molecule has 3 amide bonds. The van der Waals surface area contributed by atoms with Gasteiger partial charge in [0.05, 0.1) is 12.6 Å². The molecule has 0 spiro atoms. The van der Waals surface area contributed by atoms with Crippen molar-refractivity contribution in [3.63, 3.8) is 0 Å². The van der Waals surface area contributed by atoms with E-state index in [2.05, 4.69) is 39.1 Å². The number of fused-ring (bicyclic) bond motifs is 1. The molecule has 4 rings (SSSR count). The molecule has 28 heavy (non-hydrogen) atoms. The molecule has 1 aromatic carbocycles. The van der Waals surface area contributed by atoms with Gasteiger partial charge in [-0.15, -0.1) is 11.3 Å². The van der Waals surface area contributed by atoms with E-state index in [1.54, 1.807) is 11.3 Å². The summed E-state index contributed by atoms with van der Waals surface area (Å²) in [7, 11) is 0. The lowest BCUT2D eigenvalue weighted by molar-refractivity contribution is -0.121. The van der Waals surface area contributed by atoms with Crippen LogP contribution in [0.2, 0.25) is 0 Å². The number of urea groups is 1. The van der Waals surface area contributed by atoms with Crippen LogP contribution in [0.1, 0.15) is 54.1 Å². The third-order valence-corrected chi connectivity index (χ3v) is 6.72. The average molecular weight is 398 g/mol. The lowest BCUT2D eigenvalue weighted by Gasteiger charge is -2.35. The predicted octanol–water partition coefficient (Wildman–Crippen LogP) is 3.85. The second kappa shape index (κ2) is 8.88. The molecule has 0 unspecified atom stereocenters. The van der Waals surface area contributed by atoms with Crippen LogP contribution in [0.3, 0.4) is 0 Å². The van der Waals surface area contributed by atoms with Crippen molar-refractivity contribution in [2.45, 2.75) is 50.6 Å². The van der Waals surface area contributed by atoms with E-state index in [-0.39, 0.29) is 30.6 Å². The van der Waals surface area contributed by atoms with E-state index >= 15 is 0 Å². The summed E-state index contributed by atoms with van der Waals surface area (Å²) in [6.07, 6.45) is 6.48. The Morgan fingerprint density at radius 2 is 1.86 bits per heavy atom. The number of rotatable bonds is 4. The Bertz CT molecular complexity index is 814. The van der Waals surface area contributed by atoms with Crippen molar-refractivity contribution >= 4 is 23.3 Å². The number of carbonyl (C=O) groups excluding carboxylic acids is 2. The molecule has 0 bridgehead atoms. The Balaban J connectivity index is 1.41. The summed E-state index contributed by atoms with van der Waals surface area (Å²) in [5, 5.41) is 7.62. The number of thiophene rings is 1. The van der Waals surface area contributed by atoms with Crippen LogP contribution in [-0.4, -0.2) is 36.0 Å². The number of hydrogen-bond acceptors (Lipinski definition) is 4. The number of hydrogen-bond donors (Lipinski definition) is 2. The molecule has 148 valence electrons. The first-order valence-corrected chi connectivity index (χ1v) is 11.0. The lowest BCUT2D eigenvalue weighted by Crippen LogP contribution is -2.49. The Hall–Kier alpha value is -2.18. The zero-order valence-corrected chi connectivity index (χ0v) is 16.8. The van der Waals surface area contributed by atoms with Gasteiger partial charge in [-0.1, -0.05) is 49.6 Å². The van der Waals surface area contributed by atoms with Crippen LogP contribution in [0.4, 0.5) is 4.79 Å². The Morgan fingerprint density at radius 1 is 1.07 bits per heavy atom. The Morgan fingerprint density at radius 3 is 2.64 bits per heavy atom. The summed E-state index contributed by atoms with van der Waals surface area (Å²) >= 11 is 1.78. The number of nitrogens with one attached hydrogen (secondary N) is 2. The highest BCUT2D eigenvalue weighted by Gasteiger charge is 2.31. The molecular formula is C22H27N3O2S. The van der Waals surface area contributed by atoms with Crippen molar-refractivity contribution in [3.8, 4) is 0 Å². The van der Waals surface area contributed by atoms with Gasteiger partial charge in [-0.3, -0.25) is 15.0 Å². The van der Waals surface area contributed by atoms with Crippen LogP contribution < -0.4 is 10.6 Å². The maximum Gasteiger partial charge on any atom is 0.321 e. The van der Waals surface area contributed by atoms with Crippen LogP contribution in [-0.2, 0) is 11.2 Å². The van der Waals surface area contributed by atoms with E-state index in [4.69, 9.17) is 0 Å². The van der Waals surface area contributed by atoms with Gasteiger partial charge in [-0.25, -0.2) is 4.79 Å². The third kappa shape index (κ3) is 4.45.